The zero-order valence-corrected chi connectivity index (χ0v) is 17.0. The molecule has 0 spiro atoms. The fourth-order valence-corrected chi connectivity index (χ4v) is 3.82. The van der Waals surface area contributed by atoms with Gasteiger partial charge in [0.25, 0.3) is 5.91 Å². The number of benzene rings is 2. The van der Waals surface area contributed by atoms with Gasteiger partial charge >= 0.3 is 0 Å². The van der Waals surface area contributed by atoms with Gasteiger partial charge in [0.05, 0.1) is 11.4 Å². The van der Waals surface area contributed by atoms with E-state index in [1.54, 1.807) is 4.68 Å². The number of piperidine rings is 1. The number of nitrogens with zero attached hydrogens (tertiary/aromatic N) is 3. The van der Waals surface area contributed by atoms with Gasteiger partial charge in [-0.15, -0.1) is 0 Å². The van der Waals surface area contributed by atoms with Gasteiger partial charge in [-0.05, 0) is 74.6 Å². The number of carbonyl (C=O) groups is 1. The molecule has 28 heavy (non-hydrogen) atoms. The summed E-state index contributed by atoms with van der Waals surface area (Å²) in [7, 11) is 0. The largest absolute Gasteiger partial charge is 0.337 e. The molecular weight excluding hydrogens is 370 g/mol. The first-order chi connectivity index (χ1) is 13.5. The molecule has 3 aromatic rings. The van der Waals surface area contributed by atoms with Crippen LogP contribution in [0.4, 0.5) is 0 Å². The van der Waals surface area contributed by atoms with Crippen molar-refractivity contribution in [2.24, 2.45) is 0 Å². The number of hydrogen-bond donors (Lipinski definition) is 0. The summed E-state index contributed by atoms with van der Waals surface area (Å²) in [5, 5.41) is 5.41. The molecule has 1 aliphatic rings. The van der Waals surface area contributed by atoms with Crippen LogP contribution in [-0.2, 0) is 0 Å². The maximum Gasteiger partial charge on any atom is 0.272 e. The van der Waals surface area contributed by atoms with E-state index in [1.165, 1.54) is 17.5 Å². The Bertz CT molecular complexity index is 1020. The van der Waals surface area contributed by atoms with Crippen LogP contribution in [0.3, 0.4) is 0 Å². The molecule has 2 heterocycles. The van der Waals surface area contributed by atoms with Crippen LogP contribution < -0.4 is 0 Å². The molecule has 1 aromatic heterocycles. The zero-order valence-electron chi connectivity index (χ0n) is 16.3. The topological polar surface area (TPSA) is 38.1 Å². The lowest BCUT2D eigenvalue weighted by Gasteiger charge is -2.26. The summed E-state index contributed by atoms with van der Waals surface area (Å²) in [6, 6.07) is 15.6. The number of aryl methyl sites for hydroxylation is 2. The molecule has 1 fully saturated rings. The van der Waals surface area contributed by atoms with E-state index in [9.17, 15) is 4.79 Å². The minimum absolute atomic E-state index is 0.0299. The van der Waals surface area contributed by atoms with E-state index in [0.29, 0.717) is 10.7 Å². The summed E-state index contributed by atoms with van der Waals surface area (Å²) in [5.41, 5.74) is 5.63. The molecule has 4 nitrogen and oxygen atoms in total. The highest BCUT2D eigenvalue weighted by molar-refractivity contribution is 6.30. The third-order valence-electron chi connectivity index (χ3n) is 5.43. The van der Waals surface area contributed by atoms with Crippen molar-refractivity contribution in [3.63, 3.8) is 0 Å². The number of rotatable bonds is 3. The lowest BCUT2D eigenvalue weighted by Crippen LogP contribution is -2.36. The summed E-state index contributed by atoms with van der Waals surface area (Å²) in [6.07, 6.45) is 3.30. The quantitative estimate of drug-likeness (QED) is 0.594. The fraction of sp³-hybridized carbons (Fsp3) is 0.304. The van der Waals surface area contributed by atoms with Gasteiger partial charge in [-0.2, -0.15) is 5.10 Å². The Labute approximate surface area is 170 Å². The lowest BCUT2D eigenvalue weighted by atomic mass is 10.0. The second kappa shape index (κ2) is 7.80. The second-order valence-electron chi connectivity index (χ2n) is 7.46. The van der Waals surface area contributed by atoms with Crippen molar-refractivity contribution in [2.75, 3.05) is 13.1 Å². The molecule has 1 saturated heterocycles. The van der Waals surface area contributed by atoms with Gasteiger partial charge in [-0.3, -0.25) is 4.79 Å². The number of likely N-dealkylation sites (tertiary alicyclic amines) is 1. The third kappa shape index (κ3) is 3.69. The van der Waals surface area contributed by atoms with Crippen LogP contribution in [0.25, 0.3) is 16.9 Å². The standard InChI is InChI=1S/C23H24ClN3O/c1-16-9-10-18(13-17(16)2)21-15-22(23(28)26-11-4-3-5-12-26)27(25-21)20-8-6-7-19(24)14-20/h6-10,13-15H,3-5,11-12H2,1-2H3. The molecule has 0 saturated carbocycles. The Morgan fingerprint density at radius 1 is 0.964 bits per heavy atom. The third-order valence-corrected chi connectivity index (χ3v) is 5.66. The predicted octanol–water partition coefficient (Wildman–Crippen LogP) is 5.44. The summed E-state index contributed by atoms with van der Waals surface area (Å²) in [4.78, 5) is 15.2. The van der Waals surface area contributed by atoms with Crippen molar-refractivity contribution in [3.05, 3.63) is 70.4 Å². The van der Waals surface area contributed by atoms with Crippen molar-refractivity contribution >= 4 is 17.5 Å². The van der Waals surface area contributed by atoms with Gasteiger partial charge < -0.3 is 4.90 Å². The molecule has 144 valence electrons. The molecule has 4 rings (SSSR count). The molecule has 0 aliphatic carbocycles. The minimum Gasteiger partial charge on any atom is -0.337 e. The Morgan fingerprint density at radius 3 is 2.46 bits per heavy atom. The molecule has 2 aromatic carbocycles. The van der Waals surface area contributed by atoms with E-state index in [-0.39, 0.29) is 5.91 Å². The number of aromatic nitrogens is 2. The van der Waals surface area contributed by atoms with Gasteiger partial charge in [0, 0.05) is 23.7 Å². The van der Waals surface area contributed by atoms with Crippen LogP contribution in [-0.4, -0.2) is 33.7 Å². The van der Waals surface area contributed by atoms with Crippen LogP contribution in [0.2, 0.25) is 5.02 Å². The van der Waals surface area contributed by atoms with E-state index in [1.807, 2.05) is 35.2 Å². The normalized spacial score (nSPS) is 14.3. The molecule has 1 aliphatic heterocycles. The molecule has 0 atom stereocenters. The van der Waals surface area contributed by atoms with Crippen LogP contribution in [0.1, 0.15) is 40.9 Å². The van der Waals surface area contributed by atoms with E-state index < -0.39 is 0 Å². The van der Waals surface area contributed by atoms with Crippen molar-refractivity contribution in [1.29, 1.82) is 0 Å². The van der Waals surface area contributed by atoms with Crippen molar-refractivity contribution in [1.82, 2.24) is 14.7 Å². The highest BCUT2D eigenvalue weighted by Crippen LogP contribution is 2.26. The van der Waals surface area contributed by atoms with E-state index in [2.05, 4.69) is 32.0 Å². The van der Waals surface area contributed by atoms with Gasteiger partial charge in [-0.25, -0.2) is 4.68 Å². The van der Waals surface area contributed by atoms with Crippen molar-refractivity contribution in [3.8, 4) is 16.9 Å². The van der Waals surface area contributed by atoms with Crippen molar-refractivity contribution in [2.45, 2.75) is 33.1 Å². The monoisotopic (exact) mass is 393 g/mol. The van der Waals surface area contributed by atoms with Gasteiger partial charge in [0.2, 0.25) is 0 Å². The van der Waals surface area contributed by atoms with E-state index in [0.717, 1.165) is 42.9 Å². The average Bonchev–Trinajstić information content (AvgIpc) is 3.15. The molecular formula is C23H24ClN3O. The molecule has 0 N–H and O–H groups in total. The maximum atomic E-state index is 13.3. The van der Waals surface area contributed by atoms with E-state index in [4.69, 9.17) is 16.7 Å². The first-order valence-electron chi connectivity index (χ1n) is 9.76. The van der Waals surface area contributed by atoms with Gasteiger partial charge in [-0.1, -0.05) is 29.8 Å². The number of halogens is 1. The first kappa shape index (κ1) is 18.8. The van der Waals surface area contributed by atoms with Crippen LogP contribution in [0, 0.1) is 13.8 Å². The Balaban J connectivity index is 1.81. The summed E-state index contributed by atoms with van der Waals surface area (Å²) in [5.74, 6) is 0.0299. The SMILES string of the molecule is Cc1ccc(-c2cc(C(=O)N3CCCCC3)n(-c3cccc(Cl)c3)n2)cc1C. The highest BCUT2D eigenvalue weighted by atomic mass is 35.5. The first-order valence-corrected chi connectivity index (χ1v) is 10.1. The Morgan fingerprint density at radius 2 is 1.75 bits per heavy atom. The summed E-state index contributed by atoms with van der Waals surface area (Å²) in [6.45, 7) is 5.79. The molecule has 0 bridgehead atoms. The van der Waals surface area contributed by atoms with Crippen LogP contribution >= 0.6 is 11.6 Å². The smallest absolute Gasteiger partial charge is 0.272 e. The highest BCUT2D eigenvalue weighted by Gasteiger charge is 2.24. The van der Waals surface area contributed by atoms with Gasteiger partial charge in [0.15, 0.2) is 0 Å². The Hall–Kier alpha value is -2.59. The number of hydrogen-bond acceptors (Lipinski definition) is 2. The second-order valence-corrected chi connectivity index (χ2v) is 7.89. The van der Waals surface area contributed by atoms with Crippen LogP contribution in [0.5, 0.6) is 0 Å². The lowest BCUT2D eigenvalue weighted by molar-refractivity contribution is 0.0715. The fourth-order valence-electron chi connectivity index (χ4n) is 3.64. The van der Waals surface area contributed by atoms with E-state index >= 15 is 0 Å². The van der Waals surface area contributed by atoms with Crippen molar-refractivity contribution < 1.29 is 4.79 Å². The summed E-state index contributed by atoms with van der Waals surface area (Å²) >= 11 is 6.20. The molecule has 0 unspecified atom stereocenters. The minimum atomic E-state index is 0.0299. The van der Waals surface area contributed by atoms with Gasteiger partial charge in [0.1, 0.15) is 5.69 Å². The zero-order chi connectivity index (χ0) is 19.7. The summed E-state index contributed by atoms with van der Waals surface area (Å²) < 4.78 is 1.73. The average molecular weight is 394 g/mol. The number of carbonyl (C=O) groups excluding carboxylic acids is 1. The molecule has 5 heteroatoms. The molecule has 1 amide bonds. The molecule has 0 radical (unpaired) electrons. The maximum absolute atomic E-state index is 13.3. The van der Waals surface area contributed by atoms with Crippen LogP contribution in [0.15, 0.2) is 48.5 Å². The Kier molecular flexibility index (Phi) is 5.23. The predicted molar refractivity (Wildman–Crippen MR) is 113 cm³/mol. The number of amides is 1.